The lowest BCUT2D eigenvalue weighted by atomic mass is 10.0. The number of hydrogen-bond donors (Lipinski definition) is 1. The monoisotopic (exact) mass is 292 g/mol. The Hall–Kier alpha value is -1.36. The van der Waals surface area contributed by atoms with E-state index in [0.29, 0.717) is 0 Å². The fraction of sp³-hybridized carbons (Fsp3) is 0.600. The minimum Gasteiger partial charge on any atom is -0.353 e. The number of piperidine rings is 1. The Labute approximate surface area is 123 Å². The Bertz CT molecular complexity index is 514. The molecule has 2 fully saturated rings. The van der Waals surface area contributed by atoms with Gasteiger partial charge in [-0.05, 0) is 44.7 Å². The number of aryl methyl sites for hydroxylation is 1. The number of nitrogens with one attached hydrogen (secondary N) is 1. The maximum absolute atomic E-state index is 12.3. The summed E-state index contributed by atoms with van der Waals surface area (Å²) in [7, 11) is 0. The fourth-order valence-electron chi connectivity index (χ4n) is 2.60. The molecule has 0 spiro atoms. The predicted octanol–water partition coefficient (Wildman–Crippen LogP) is 2.19. The van der Waals surface area contributed by atoms with Gasteiger partial charge in [0.1, 0.15) is 0 Å². The van der Waals surface area contributed by atoms with Crippen LogP contribution in [0, 0.1) is 12.8 Å². The first-order valence-corrected chi connectivity index (χ1v) is 8.11. The van der Waals surface area contributed by atoms with Crippen molar-refractivity contribution in [1.29, 1.82) is 0 Å². The summed E-state index contributed by atoms with van der Waals surface area (Å²) in [6.45, 7) is 3.50. The van der Waals surface area contributed by atoms with Gasteiger partial charge in [0, 0.05) is 29.9 Å². The standard InChI is InChI=1S/C15H20N2O2S/c1-10-2-5-13(20-10)15(19)17-8-6-12(7-9-17)16-14(18)11-3-4-11/h2,5,11-12H,3-4,6-9H2,1H3,(H,16,18). The highest BCUT2D eigenvalue weighted by atomic mass is 32.1. The Balaban J connectivity index is 1.50. The normalized spacial score (nSPS) is 19.9. The van der Waals surface area contributed by atoms with Gasteiger partial charge >= 0.3 is 0 Å². The Morgan fingerprint density at radius 1 is 1.20 bits per heavy atom. The van der Waals surface area contributed by atoms with E-state index in [2.05, 4.69) is 5.32 Å². The summed E-state index contributed by atoms with van der Waals surface area (Å²) in [5.74, 6) is 0.613. The molecule has 0 radical (unpaired) electrons. The van der Waals surface area contributed by atoms with E-state index < -0.39 is 0 Å². The van der Waals surface area contributed by atoms with Crippen LogP contribution in [-0.4, -0.2) is 35.8 Å². The summed E-state index contributed by atoms with van der Waals surface area (Å²) < 4.78 is 0. The van der Waals surface area contributed by atoms with Gasteiger partial charge < -0.3 is 10.2 Å². The zero-order chi connectivity index (χ0) is 14.1. The van der Waals surface area contributed by atoms with Crippen LogP contribution in [0.25, 0.3) is 0 Å². The predicted molar refractivity (Wildman–Crippen MR) is 78.8 cm³/mol. The lowest BCUT2D eigenvalue weighted by molar-refractivity contribution is -0.123. The van der Waals surface area contributed by atoms with E-state index in [1.165, 1.54) is 4.88 Å². The van der Waals surface area contributed by atoms with Gasteiger partial charge in [-0.25, -0.2) is 0 Å². The maximum atomic E-state index is 12.3. The minimum atomic E-state index is 0.134. The molecule has 0 atom stereocenters. The molecule has 0 unspecified atom stereocenters. The first kappa shape index (κ1) is 13.6. The van der Waals surface area contributed by atoms with Crippen molar-refractivity contribution >= 4 is 23.2 Å². The molecule has 1 aliphatic carbocycles. The van der Waals surface area contributed by atoms with Crippen LogP contribution in [-0.2, 0) is 4.79 Å². The second kappa shape index (κ2) is 5.56. The van der Waals surface area contributed by atoms with Crippen molar-refractivity contribution in [3.05, 3.63) is 21.9 Å². The molecule has 1 aliphatic heterocycles. The number of nitrogens with zero attached hydrogens (tertiary/aromatic N) is 1. The third kappa shape index (κ3) is 3.03. The highest BCUT2D eigenvalue weighted by Gasteiger charge is 2.32. The Morgan fingerprint density at radius 3 is 2.45 bits per heavy atom. The Morgan fingerprint density at radius 2 is 1.90 bits per heavy atom. The number of carbonyl (C=O) groups is 2. The number of carbonyl (C=O) groups excluding carboxylic acids is 2. The van der Waals surface area contributed by atoms with Crippen LogP contribution in [0.2, 0.25) is 0 Å². The molecule has 1 aromatic rings. The molecule has 2 aliphatic rings. The number of hydrogen-bond acceptors (Lipinski definition) is 3. The van der Waals surface area contributed by atoms with E-state index in [1.54, 1.807) is 11.3 Å². The average Bonchev–Trinajstić information content (AvgIpc) is 3.21. The number of amides is 2. The lowest BCUT2D eigenvalue weighted by Crippen LogP contribution is -2.46. The summed E-state index contributed by atoms with van der Waals surface area (Å²) >= 11 is 1.55. The van der Waals surface area contributed by atoms with Gasteiger partial charge in [0.15, 0.2) is 0 Å². The topological polar surface area (TPSA) is 49.4 Å². The molecule has 1 saturated heterocycles. The molecule has 1 aromatic heterocycles. The minimum absolute atomic E-state index is 0.134. The van der Waals surface area contributed by atoms with Crippen molar-refractivity contribution in [3.8, 4) is 0 Å². The van der Waals surface area contributed by atoms with E-state index in [1.807, 2.05) is 24.0 Å². The van der Waals surface area contributed by atoms with Gasteiger partial charge in [-0.15, -0.1) is 11.3 Å². The molecule has 3 rings (SSSR count). The van der Waals surface area contributed by atoms with E-state index in [9.17, 15) is 9.59 Å². The van der Waals surface area contributed by atoms with Gasteiger partial charge in [0.2, 0.25) is 5.91 Å². The Kier molecular flexibility index (Phi) is 3.78. The molecule has 1 N–H and O–H groups in total. The van der Waals surface area contributed by atoms with Crippen LogP contribution >= 0.6 is 11.3 Å². The van der Waals surface area contributed by atoms with Gasteiger partial charge in [0.25, 0.3) is 5.91 Å². The van der Waals surface area contributed by atoms with Crippen molar-refractivity contribution in [1.82, 2.24) is 10.2 Å². The van der Waals surface area contributed by atoms with Crippen LogP contribution in [0.3, 0.4) is 0 Å². The summed E-state index contributed by atoms with van der Waals surface area (Å²) in [6, 6.07) is 4.14. The average molecular weight is 292 g/mol. The first-order chi connectivity index (χ1) is 9.63. The molecule has 0 bridgehead atoms. The van der Waals surface area contributed by atoms with Crippen LogP contribution in [0.1, 0.15) is 40.2 Å². The van der Waals surface area contributed by atoms with Crippen molar-refractivity contribution in [3.63, 3.8) is 0 Å². The highest BCUT2D eigenvalue weighted by molar-refractivity contribution is 7.13. The third-order valence-corrected chi connectivity index (χ3v) is 5.02. The molecular formula is C15H20N2O2S. The molecule has 1 saturated carbocycles. The molecule has 2 amide bonds. The van der Waals surface area contributed by atoms with Crippen molar-refractivity contribution in [2.24, 2.45) is 5.92 Å². The van der Waals surface area contributed by atoms with Crippen LogP contribution in [0.5, 0.6) is 0 Å². The van der Waals surface area contributed by atoms with Crippen molar-refractivity contribution in [2.45, 2.75) is 38.6 Å². The van der Waals surface area contributed by atoms with E-state index >= 15 is 0 Å². The van der Waals surface area contributed by atoms with Gasteiger partial charge in [-0.1, -0.05) is 0 Å². The highest BCUT2D eigenvalue weighted by Crippen LogP contribution is 2.29. The maximum Gasteiger partial charge on any atom is 0.263 e. The molecule has 5 heteroatoms. The largest absolute Gasteiger partial charge is 0.353 e. The molecule has 4 nitrogen and oxygen atoms in total. The van der Waals surface area contributed by atoms with Crippen LogP contribution in [0.15, 0.2) is 12.1 Å². The lowest BCUT2D eigenvalue weighted by Gasteiger charge is -2.32. The molecular weight excluding hydrogens is 272 g/mol. The molecule has 2 heterocycles. The SMILES string of the molecule is Cc1ccc(C(=O)N2CCC(NC(=O)C3CC3)CC2)s1. The van der Waals surface area contributed by atoms with E-state index in [0.717, 1.165) is 43.6 Å². The van der Waals surface area contributed by atoms with Gasteiger partial charge in [0.05, 0.1) is 4.88 Å². The third-order valence-electron chi connectivity index (χ3n) is 4.03. The van der Waals surface area contributed by atoms with E-state index in [4.69, 9.17) is 0 Å². The quantitative estimate of drug-likeness (QED) is 0.928. The first-order valence-electron chi connectivity index (χ1n) is 7.29. The summed E-state index contributed by atoms with van der Waals surface area (Å²) in [5, 5.41) is 3.11. The number of thiophene rings is 1. The molecule has 0 aromatic carbocycles. The van der Waals surface area contributed by atoms with Crippen LogP contribution < -0.4 is 5.32 Å². The smallest absolute Gasteiger partial charge is 0.263 e. The molecule has 20 heavy (non-hydrogen) atoms. The van der Waals surface area contributed by atoms with Crippen molar-refractivity contribution in [2.75, 3.05) is 13.1 Å². The van der Waals surface area contributed by atoms with Crippen molar-refractivity contribution < 1.29 is 9.59 Å². The van der Waals surface area contributed by atoms with E-state index in [-0.39, 0.29) is 23.8 Å². The molecule has 108 valence electrons. The second-order valence-corrected chi connectivity index (χ2v) is 7.05. The fourth-order valence-corrected chi connectivity index (χ4v) is 3.43. The van der Waals surface area contributed by atoms with Gasteiger partial charge in [-0.3, -0.25) is 9.59 Å². The van der Waals surface area contributed by atoms with Gasteiger partial charge in [-0.2, -0.15) is 0 Å². The summed E-state index contributed by atoms with van der Waals surface area (Å²) in [5.41, 5.74) is 0. The zero-order valence-electron chi connectivity index (χ0n) is 11.7. The summed E-state index contributed by atoms with van der Waals surface area (Å²) in [6.07, 6.45) is 3.82. The second-order valence-electron chi connectivity index (χ2n) is 5.76. The number of likely N-dealkylation sites (tertiary alicyclic amines) is 1. The number of rotatable bonds is 3. The summed E-state index contributed by atoms with van der Waals surface area (Å²) in [4.78, 5) is 27.9. The zero-order valence-corrected chi connectivity index (χ0v) is 12.5. The van der Waals surface area contributed by atoms with Crippen LogP contribution in [0.4, 0.5) is 0 Å².